The summed E-state index contributed by atoms with van der Waals surface area (Å²) < 4.78 is 0. The van der Waals surface area contributed by atoms with Gasteiger partial charge in [0.15, 0.2) is 0 Å². The first-order chi connectivity index (χ1) is 6.72. The highest BCUT2D eigenvalue weighted by Gasteiger charge is 2.13. The maximum absolute atomic E-state index is 11.5. The van der Waals surface area contributed by atoms with Gasteiger partial charge in [0, 0.05) is 32.2 Å². The number of carbonyl (C=O) groups excluding carboxylic acids is 1. The molecule has 82 valence electrons. The summed E-state index contributed by atoms with van der Waals surface area (Å²) in [4.78, 5) is 13.7. The van der Waals surface area contributed by atoms with E-state index in [1.165, 1.54) is 0 Å². The van der Waals surface area contributed by atoms with Gasteiger partial charge in [0.05, 0.1) is 6.54 Å². The van der Waals surface area contributed by atoms with Crippen LogP contribution in [0.1, 0.15) is 20.3 Å². The molecule has 1 aliphatic heterocycles. The molecule has 2 N–H and O–H groups in total. The van der Waals surface area contributed by atoms with Crippen LogP contribution in [0.15, 0.2) is 0 Å². The topological polar surface area (TPSA) is 44.4 Å². The number of nitrogens with one attached hydrogen (secondary N) is 2. The molecule has 14 heavy (non-hydrogen) atoms. The average Bonchev–Trinajstić information content (AvgIpc) is 2.19. The van der Waals surface area contributed by atoms with E-state index in [0.29, 0.717) is 12.6 Å². The van der Waals surface area contributed by atoms with E-state index < -0.39 is 0 Å². The molecular weight excluding hydrogens is 178 g/mol. The van der Waals surface area contributed by atoms with Gasteiger partial charge >= 0.3 is 0 Å². The summed E-state index contributed by atoms with van der Waals surface area (Å²) in [6, 6.07) is 0.297. The number of carbonyl (C=O) groups is 1. The molecule has 0 bridgehead atoms. The van der Waals surface area contributed by atoms with Crippen LogP contribution in [0.4, 0.5) is 0 Å². The third kappa shape index (κ3) is 4.07. The van der Waals surface area contributed by atoms with Gasteiger partial charge in [-0.2, -0.15) is 0 Å². The van der Waals surface area contributed by atoms with E-state index in [4.69, 9.17) is 0 Å². The van der Waals surface area contributed by atoms with Crippen molar-refractivity contribution in [1.29, 1.82) is 0 Å². The van der Waals surface area contributed by atoms with Gasteiger partial charge in [0.25, 0.3) is 0 Å². The number of nitrogens with zero attached hydrogens (tertiary/aromatic N) is 1. The molecule has 1 amide bonds. The Labute approximate surface area is 86.0 Å². The summed E-state index contributed by atoms with van der Waals surface area (Å²) >= 11 is 0. The fourth-order valence-corrected chi connectivity index (χ4v) is 1.49. The second kappa shape index (κ2) is 5.98. The molecule has 1 rings (SSSR count). The van der Waals surface area contributed by atoms with Crippen LogP contribution in [-0.2, 0) is 4.79 Å². The van der Waals surface area contributed by atoms with Crippen molar-refractivity contribution >= 4 is 5.91 Å². The molecule has 1 saturated heterocycles. The van der Waals surface area contributed by atoms with Crippen LogP contribution < -0.4 is 10.6 Å². The third-order valence-corrected chi connectivity index (χ3v) is 2.60. The van der Waals surface area contributed by atoms with Gasteiger partial charge in [-0.15, -0.1) is 0 Å². The zero-order valence-corrected chi connectivity index (χ0v) is 9.18. The summed E-state index contributed by atoms with van der Waals surface area (Å²) in [5, 5.41) is 6.24. The second-order valence-corrected chi connectivity index (χ2v) is 3.90. The summed E-state index contributed by atoms with van der Waals surface area (Å²) in [7, 11) is 0. The zero-order valence-electron chi connectivity index (χ0n) is 9.18. The number of amides is 1. The quantitative estimate of drug-likeness (QED) is 0.659. The lowest BCUT2D eigenvalue weighted by atomic mass is 10.2. The van der Waals surface area contributed by atoms with Crippen molar-refractivity contribution in [2.24, 2.45) is 0 Å². The van der Waals surface area contributed by atoms with E-state index >= 15 is 0 Å². The molecule has 0 saturated carbocycles. The largest absolute Gasteiger partial charge is 0.353 e. The van der Waals surface area contributed by atoms with E-state index in [1.54, 1.807) is 0 Å². The van der Waals surface area contributed by atoms with Crippen LogP contribution in [0.2, 0.25) is 0 Å². The third-order valence-electron chi connectivity index (χ3n) is 2.60. The molecule has 0 spiro atoms. The lowest BCUT2D eigenvalue weighted by Gasteiger charge is -2.26. The standard InChI is InChI=1S/C10H21N3O/c1-3-9(2)12-10(14)8-13-6-4-11-5-7-13/h9,11H,3-8H2,1-2H3,(H,12,14)/t9-/m0/s1. The molecule has 0 aromatic carbocycles. The maximum Gasteiger partial charge on any atom is 0.234 e. The SMILES string of the molecule is CC[C@H](C)NC(=O)CN1CCNCC1. The van der Waals surface area contributed by atoms with Crippen molar-refractivity contribution in [3.63, 3.8) is 0 Å². The Kier molecular flexibility index (Phi) is 4.90. The van der Waals surface area contributed by atoms with E-state index in [9.17, 15) is 4.79 Å². The molecule has 1 atom stereocenters. The molecule has 0 aliphatic carbocycles. The minimum atomic E-state index is 0.154. The van der Waals surface area contributed by atoms with Crippen molar-refractivity contribution in [3.05, 3.63) is 0 Å². The summed E-state index contributed by atoms with van der Waals surface area (Å²) in [5.74, 6) is 0.154. The highest BCUT2D eigenvalue weighted by Crippen LogP contribution is 1.93. The number of hydrogen-bond donors (Lipinski definition) is 2. The van der Waals surface area contributed by atoms with Crippen molar-refractivity contribution in [3.8, 4) is 0 Å². The summed E-state index contributed by atoms with van der Waals surface area (Å²) in [6.45, 7) is 8.62. The van der Waals surface area contributed by atoms with Crippen LogP contribution in [-0.4, -0.2) is 49.6 Å². The molecule has 4 heteroatoms. The van der Waals surface area contributed by atoms with Gasteiger partial charge in [-0.25, -0.2) is 0 Å². The van der Waals surface area contributed by atoms with Gasteiger partial charge in [0.2, 0.25) is 5.91 Å². The molecule has 1 fully saturated rings. The molecule has 0 unspecified atom stereocenters. The van der Waals surface area contributed by atoms with Gasteiger partial charge in [-0.1, -0.05) is 6.92 Å². The molecule has 0 radical (unpaired) electrons. The van der Waals surface area contributed by atoms with Gasteiger partial charge < -0.3 is 10.6 Å². The van der Waals surface area contributed by atoms with Crippen LogP contribution in [0.5, 0.6) is 0 Å². The first-order valence-electron chi connectivity index (χ1n) is 5.44. The highest BCUT2D eigenvalue weighted by molar-refractivity contribution is 5.78. The Morgan fingerprint density at radius 2 is 2.14 bits per heavy atom. The molecule has 0 aromatic rings. The van der Waals surface area contributed by atoms with Crippen LogP contribution in [0.3, 0.4) is 0 Å². The van der Waals surface area contributed by atoms with Crippen molar-refractivity contribution in [2.45, 2.75) is 26.3 Å². The van der Waals surface area contributed by atoms with Crippen molar-refractivity contribution in [2.75, 3.05) is 32.7 Å². The maximum atomic E-state index is 11.5. The Morgan fingerprint density at radius 1 is 1.50 bits per heavy atom. The monoisotopic (exact) mass is 199 g/mol. The first-order valence-corrected chi connectivity index (χ1v) is 5.44. The van der Waals surface area contributed by atoms with Gasteiger partial charge in [-0.05, 0) is 13.3 Å². The smallest absolute Gasteiger partial charge is 0.234 e. The Morgan fingerprint density at radius 3 is 2.71 bits per heavy atom. The van der Waals surface area contributed by atoms with Gasteiger partial charge in [0.1, 0.15) is 0 Å². The van der Waals surface area contributed by atoms with Crippen LogP contribution >= 0.6 is 0 Å². The minimum Gasteiger partial charge on any atom is -0.353 e. The van der Waals surface area contributed by atoms with E-state index in [-0.39, 0.29) is 5.91 Å². The van der Waals surface area contributed by atoms with Crippen molar-refractivity contribution in [1.82, 2.24) is 15.5 Å². The molecule has 1 heterocycles. The molecule has 4 nitrogen and oxygen atoms in total. The molecular formula is C10H21N3O. The summed E-state index contributed by atoms with van der Waals surface area (Å²) in [6.07, 6.45) is 0.993. The number of rotatable bonds is 4. The normalized spacial score (nSPS) is 20.4. The fraction of sp³-hybridized carbons (Fsp3) is 0.900. The average molecular weight is 199 g/mol. The molecule has 0 aromatic heterocycles. The fourth-order valence-electron chi connectivity index (χ4n) is 1.49. The van der Waals surface area contributed by atoms with Gasteiger partial charge in [-0.3, -0.25) is 9.69 Å². The number of hydrogen-bond acceptors (Lipinski definition) is 3. The number of piperazine rings is 1. The van der Waals surface area contributed by atoms with Crippen LogP contribution in [0, 0.1) is 0 Å². The summed E-state index contributed by atoms with van der Waals surface area (Å²) in [5.41, 5.74) is 0. The van der Waals surface area contributed by atoms with E-state index in [0.717, 1.165) is 32.6 Å². The lowest BCUT2D eigenvalue weighted by Crippen LogP contribution is -2.48. The Balaban J connectivity index is 2.18. The van der Waals surface area contributed by atoms with E-state index in [1.807, 2.05) is 6.92 Å². The lowest BCUT2D eigenvalue weighted by molar-refractivity contribution is -0.123. The first kappa shape index (κ1) is 11.5. The minimum absolute atomic E-state index is 0.154. The van der Waals surface area contributed by atoms with Crippen molar-refractivity contribution < 1.29 is 4.79 Å². The molecule has 1 aliphatic rings. The second-order valence-electron chi connectivity index (χ2n) is 3.90. The predicted octanol–water partition coefficient (Wildman–Crippen LogP) is -0.194. The Bertz CT molecular complexity index is 178. The van der Waals surface area contributed by atoms with E-state index in [2.05, 4.69) is 22.5 Å². The predicted molar refractivity (Wildman–Crippen MR) is 57.2 cm³/mol. The zero-order chi connectivity index (χ0) is 10.4. The van der Waals surface area contributed by atoms with Crippen LogP contribution in [0.25, 0.3) is 0 Å². The highest BCUT2D eigenvalue weighted by atomic mass is 16.2. The Hall–Kier alpha value is -0.610.